The molecule has 0 saturated carbocycles. The van der Waals surface area contributed by atoms with Gasteiger partial charge in [0.15, 0.2) is 5.78 Å². The third-order valence-electron chi connectivity index (χ3n) is 2.19. The van der Waals surface area contributed by atoms with E-state index in [1.807, 2.05) is 24.5 Å². The highest BCUT2D eigenvalue weighted by molar-refractivity contribution is 7.98. The van der Waals surface area contributed by atoms with Crippen LogP contribution >= 0.6 is 11.8 Å². The molecule has 1 N–H and O–H groups in total. The zero-order valence-electron chi connectivity index (χ0n) is 7.46. The van der Waals surface area contributed by atoms with Crippen molar-refractivity contribution in [1.82, 2.24) is 0 Å². The fraction of sp³-hybridized carbons (Fsp3) is 0.300. The van der Waals surface area contributed by atoms with Gasteiger partial charge in [-0.15, -0.1) is 11.8 Å². The first-order valence-corrected chi connectivity index (χ1v) is 5.49. The van der Waals surface area contributed by atoms with Crippen molar-refractivity contribution in [3.05, 3.63) is 23.8 Å². The Morgan fingerprint density at radius 1 is 1.46 bits per heavy atom. The summed E-state index contributed by atoms with van der Waals surface area (Å²) >= 11 is 1.66. The molecule has 68 valence electrons. The summed E-state index contributed by atoms with van der Waals surface area (Å²) in [5.74, 6) is 0.254. The van der Waals surface area contributed by atoms with Crippen LogP contribution in [0.15, 0.2) is 23.1 Å². The van der Waals surface area contributed by atoms with Crippen LogP contribution in [-0.2, 0) is 0 Å². The van der Waals surface area contributed by atoms with E-state index in [4.69, 9.17) is 0 Å². The fourth-order valence-corrected chi connectivity index (χ4v) is 1.92. The molecule has 0 spiro atoms. The Bertz CT molecular complexity index is 349. The molecule has 1 aromatic rings. The highest BCUT2D eigenvalue weighted by atomic mass is 32.2. The fourth-order valence-electron chi connectivity index (χ4n) is 1.48. The monoisotopic (exact) mass is 193 g/mol. The molecule has 1 heterocycles. The Kier molecular flexibility index (Phi) is 2.27. The molecule has 2 nitrogen and oxygen atoms in total. The van der Waals surface area contributed by atoms with Gasteiger partial charge in [0.25, 0.3) is 0 Å². The van der Waals surface area contributed by atoms with E-state index >= 15 is 0 Å². The zero-order chi connectivity index (χ0) is 9.26. The molecule has 0 aromatic heterocycles. The van der Waals surface area contributed by atoms with Crippen LogP contribution in [0.3, 0.4) is 0 Å². The minimum absolute atomic E-state index is 0.254. The summed E-state index contributed by atoms with van der Waals surface area (Å²) < 4.78 is 0. The van der Waals surface area contributed by atoms with Crippen LogP contribution in [-0.4, -0.2) is 18.6 Å². The van der Waals surface area contributed by atoms with Crippen LogP contribution in [0.5, 0.6) is 0 Å². The summed E-state index contributed by atoms with van der Waals surface area (Å²) in [6, 6.07) is 5.99. The molecule has 1 aromatic carbocycles. The first-order chi connectivity index (χ1) is 6.31. The molecule has 3 heteroatoms. The lowest BCUT2D eigenvalue weighted by molar-refractivity contribution is 0.0983. The van der Waals surface area contributed by atoms with Gasteiger partial charge in [-0.3, -0.25) is 4.79 Å². The van der Waals surface area contributed by atoms with Crippen LogP contribution in [0, 0.1) is 0 Å². The molecule has 0 unspecified atom stereocenters. The van der Waals surface area contributed by atoms with Gasteiger partial charge in [-0.1, -0.05) is 0 Å². The van der Waals surface area contributed by atoms with Gasteiger partial charge in [0.1, 0.15) is 0 Å². The van der Waals surface area contributed by atoms with Crippen molar-refractivity contribution in [3.8, 4) is 0 Å². The molecule has 1 aliphatic heterocycles. The molecule has 0 amide bonds. The second-order valence-corrected chi connectivity index (χ2v) is 3.89. The van der Waals surface area contributed by atoms with E-state index in [1.54, 1.807) is 11.8 Å². The number of fused-ring (bicyclic) bond motifs is 1. The minimum atomic E-state index is 0.254. The summed E-state index contributed by atoms with van der Waals surface area (Å²) in [7, 11) is 0. The van der Waals surface area contributed by atoms with Gasteiger partial charge in [-0.2, -0.15) is 0 Å². The summed E-state index contributed by atoms with van der Waals surface area (Å²) in [6.45, 7) is 0.768. The Balaban J connectivity index is 2.47. The Morgan fingerprint density at radius 3 is 3.08 bits per heavy atom. The molecule has 0 radical (unpaired) electrons. The van der Waals surface area contributed by atoms with Gasteiger partial charge in [0, 0.05) is 29.1 Å². The smallest absolute Gasteiger partial charge is 0.166 e. The van der Waals surface area contributed by atoms with Gasteiger partial charge < -0.3 is 5.32 Å². The van der Waals surface area contributed by atoms with Crippen molar-refractivity contribution >= 4 is 23.2 Å². The average Bonchev–Trinajstić information content (AvgIpc) is 2.18. The van der Waals surface area contributed by atoms with Crippen LogP contribution in [0.25, 0.3) is 0 Å². The molecule has 0 fully saturated rings. The zero-order valence-corrected chi connectivity index (χ0v) is 8.28. The number of hydrogen-bond acceptors (Lipinski definition) is 3. The van der Waals surface area contributed by atoms with Gasteiger partial charge in [-0.05, 0) is 24.5 Å². The van der Waals surface area contributed by atoms with Crippen molar-refractivity contribution in [3.63, 3.8) is 0 Å². The largest absolute Gasteiger partial charge is 0.384 e. The second kappa shape index (κ2) is 3.42. The van der Waals surface area contributed by atoms with Crippen molar-refractivity contribution in [2.24, 2.45) is 0 Å². The van der Waals surface area contributed by atoms with Gasteiger partial charge in [0.2, 0.25) is 0 Å². The minimum Gasteiger partial charge on any atom is -0.384 e. The average molecular weight is 193 g/mol. The van der Waals surface area contributed by atoms with Crippen LogP contribution in [0.2, 0.25) is 0 Å². The summed E-state index contributed by atoms with van der Waals surface area (Å²) in [5, 5.41) is 3.21. The maximum atomic E-state index is 11.5. The molecule has 0 aliphatic carbocycles. The number of Topliss-reactive ketones (excluding diaryl/α,β-unsaturated/α-hetero) is 1. The van der Waals surface area contributed by atoms with Crippen molar-refractivity contribution in [2.75, 3.05) is 18.1 Å². The number of anilines is 1. The van der Waals surface area contributed by atoms with E-state index < -0.39 is 0 Å². The van der Waals surface area contributed by atoms with Crippen molar-refractivity contribution in [1.29, 1.82) is 0 Å². The lowest BCUT2D eigenvalue weighted by Gasteiger charge is -2.17. The lowest BCUT2D eigenvalue weighted by Crippen LogP contribution is -2.17. The third-order valence-corrected chi connectivity index (χ3v) is 2.92. The Hall–Kier alpha value is -0.960. The number of nitrogens with one attached hydrogen (secondary N) is 1. The summed E-state index contributed by atoms with van der Waals surface area (Å²) in [4.78, 5) is 12.7. The highest BCUT2D eigenvalue weighted by Gasteiger charge is 2.16. The highest BCUT2D eigenvalue weighted by Crippen LogP contribution is 2.26. The van der Waals surface area contributed by atoms with Gasteiger partial charge >= 0.3 is 0 Å². The van der Waals surface area contributed by atoms with E-state index in [1.165, 1.54) is 0 Å². The number of thioether (sulfide) groups is 1. The van der Waals surface area contributed by atoms with Crippen molar-refractivity contribution < 1.29 is 4.79 Å². The van der Waals surface area contributed by atoms with E-state index in [0.717, 1.165) is 22.7 Å². The number of benzene rings is 1. The van der Waals surface area contributed by atoms with E-state index in [0.29, 0.717) is 6.42 Å². The number of rotatable bonds is 1. The third kappa shape index (κ3) is 1.56. The molecular weight excluding hydrogens is 182 g/mol. The first kappa shape index (κ1) is 8.63. The van der Waals surface area contributed by atoms with Crippen molar-refractivity contribution in [2.45, 2.75) is 11.3 Å². The standard InChI is InChI=1S/C10H11NOS/c1-13-7-2-3-9-8(6-7)10(12)4-5-11-9/h2-3,6,11H,4-5H2,1H3. The van der Waals surface area contributed by atoms with E-state index in [2.05, 4.69) is 5.32 Å². The molecule has 1 aliphatic rings. The van der Waals surface area contributed by atoms with Crippen LogP contribution in [0.1, 0.15) is 16.8 Å². The Labute approximate surface area is 81.7 Å². The van der Waals surface area contributed by atoms with Crippen LogP contribution in [0.4, 0.5) is 5.69 Å². The maximum absolute atomic E-state index is 11.5. The topological polar surface area (TPSA) is 29.1 Å². The number of hydrogen-bond donors (Lipinski definition) is 1. The molecule has 13 heavy (non-hydrogen) atoms. The molecular formula is C10H11NOS. The van der Waals surface area contributed by atoms with E-state index in [9.17, 15) is 4.79 Å². The number of carbonyl (C=O) groups is 1. The van der Waals surface area contributed by atoms with Gasteiger partial charge in [-0.25, -0.2) is 0 Å². The Morgan fingerprint density at radius 2 is 2.31 bits per heavy atom. The maximum Gasteiger partial charge on any atom is 0.166 e. The molecule has 0 bridgehead atoms. The summed E-state index contributed by atoms with van der Waals surface area (Å²) in [5.41, 5.74) is 1.83. The van der Waals surface area contributed by atoms with Gasteiger partial charge in [0.05, 0.1) is 0 Å². The second-order valence-electron chi connectivity index (χ2n) is 3.01. The quantitative estimate of drug-likeness (QED) is 0.694. The molecule has 0 atom stereocenters. The predicted octanol–water partition coefficient (Wildman–Crippen LogP) is 2.41. The lowest BCUT2D eigenvalue weighted by atomic mass is 10.0. The summed E-state index contributed by atoms with van der Waals surface area (Å²) in [6.07, 6.45) is 2.63. The normalized spacial score (nSPS) is 15.0. The SMILES string of the molecule is CSc1ccc2c(c1)C(=O)CCN2. The molecule has 0 saturated heterocycles. The predicted molar refractivity (Wildman–Crippen MR) is 55.7 cm³/mol. The number of carbonyl (C=O) groups excluding carboxylic acids is 1. The number of ketones is 1. The van der Waals surface area contributed by atoms with E-state index in [-0.39, 0.29) is 5.78 Å². The first-order valence-electron chi connectivity index (χ1n) is 4.26. The molecule has 2 rings (SSSR count). The van der Waals surface area contributed by atoms with Crippen LogP contribution < -0.4 is 5.32 Å².